The number of hydrogen-bond donors (Lipinski definition) is 0. The van der Waals surface area contributed by atoms with Gasteiger partial charge in [-0.2, -0.15) is 14.0 Å². The lowest BCUT2D eigenvalue weighted by molar-refractivity contribution is 0.0637. The molecule has 0 N–H and O–H groups in total. The molecular formula is C15H16F2N6. The molecule has 3 rings (SSSR count). The summed E-state index contributed by atoms with van der Waals surface area (Å²) in [7, 11) is 0. The SMILES string of the molecule is N#Cc1ccnc(N2CCN(Cc3nccn3C(F)F)CC2)c1. The number of imidazole rings is 1. The number of piperazine rings is 1. The van der Waals surface area contributed by atoms with Gasteiger partial charge in [0.25, 0.3) is 0 Å². The van der Waals surface area contributed by atoms with Crippen molar-refractivity contribution in [2.45, 2.75) is 13.1 Å². The molecule has 0 unspecified atom stereocenters. The third-order valence-corrected chi connectivity index (χ3v) is 3.90. The second kappa shape index (κ2) is 6.71. The molecule has 2 aromatic heterocycles. The summed E-state index contributed by atoms with van der Waals surface area (Å²) in [4.78, 5) is 12.5. The topological polar surface area (TPSA) is 61.0 Å². The first kappa shape index (κ1) is 15.4. The van der Waals surface area contributed by atoms with Crippen LogP contribution in [0.15, 0.2) is 30.7 Å². The zero-order valence-electron chi connectivity index (χ0n) is 12.4. The van der Waals surface area contributed by atoms with Crippen molar-refractivity contribution in [1.82, 2.24) is 19.4 Å². The molecule has 2 aromatic rings. The molecule has 3 heterocycles. The van der Waals surface area contributed by atoms with E-state index in [2.05, 4.69) is 25.8 Å². The van der Waals surface area contributed by atoms with Crippen molar-refractivity contribution >= 4 is 5.82 Å². The normalized spacial score (nSPS) is 15.8. The molecule has 120 valence electrons. The summed E-state index contributed by atoms with van der Waals surface area (Å²) in [5, 5.41) is 8.94. The summed E-state index contributed by atoms with van der Waals surface area (Å²) in [5.74, 6) is 1.15. The maximum absolute atomic E-state index is 12.8. The molecule has 0 radical (unpaired) electrons. The molecule has 0 saturated carbocycles. The van der Waals surface area contributed by atoms with Crippen molar-refractivity contribution in [2.75, 3.05) is 31.1 Å². The van der Waals surface area contributed by atoms with E-state index in [4.69, 9.17) is 5.26 Å². The van der Waals surface area contributed by atoms with Gasteiger partial charge in [0.05, 0.1) is 18.2 Å². The highest BCUT2D eigenvalue weighted by Gasteiger charge is 2.21. The van der Waals surface area contributed by atoms with Crippen molar-refractivity contribution < 1.29 is 8.78 Å². The van der Waals surface area contributed by atoms with Crippen LogP contribution in [-0.2, 0) is 6.54 Å². The number of hydrogen-bond acceptors (Lipinski definition) is 5. The lowest BCUT2D eigenvalue weighted by Crippen LogP contribution is -2.46. The van der Waals surface area contributed by atoms with Crippen LogP contribution in [0.5, 0.6) is 0 Å². The molecule has 0 bridgehead atoms. The van der Waals surface area contributed by atoms with E-state index in [9.17, 15) is 8.78 Å². The molecule has 1 saturated heterocycles. The van der Waals surface area contributed by atoms with Gasteiger partial charge in [0, 0.05) is 44.8 Å². The largest absolute Gasteiger partial charge is 0.354 e. The van der Waals surface area contributed by atoms with Crippen LogP contribution in [0.4, 0.5) is 14.6 Å². The third kappa shape index (κ3) is 3.46. The van der Waals surface area contributed by atoms with Gasteiger partial charge in [-0.05, 0) is 12.1 Å². The van der Waals surface area contributed by atoms with Crippen LogP contribution in [0.25, 0.3) is 0 Å². The van der Waals surface area contributed by atoms with Crippen LogP contribution >= 0.6 is 0 Å². The number of halogens is 2. The first-order chi connectivity index (χ1) is 11.2. The molecule has 1 aliphatic rings. The summed E-state index contributed by atoms with van der Waals surface area (Å²) >= 11 is 0. The van der Waals surface area contributed by atoms with Crippen LogP contribution in [0.3, 0.4) is 0 Å². The lowest BCUT2D eigenvalue weighted by Gasteiger charge is -2.35. The molecule has 0 aliphatic carbocycles. The average molecular weight is 318 g/mol. The van der Waals surface area contributed by atoms with Crippen LogP contribution < -0.4 is 4.90 Å². The Balaban J connectivity index is 1.60. The molecule has 1 aliphatic heterocycles. The van der Waals surface area contributed by atoms with E-state index < -0.39 is 6.55 Å². The highest BCUT2D eigenvalue weighted by Crippen LogP contribution is 2.17. The van der Waals surface area contributed by atoms with Gasteiger partial charge in [-0.25, -0.2) is 9.97 Å². The first-order valence-electron chi connectivity index (χ1n) is 7.30. The third-order valence-electron chi connectivity index (χ3n) is 3.90. The monoisotopic (exact) mass is 318 g/mol. The Hall–Kier alpha value is -2.53. The summed E-state index contributed by atoms with van der Waals surface area (Å²) in [6, 6.07) is 5.54. The highest BCUT2D eigenvalue weighted by atomic mass is 19.3. The van der Waals surface area contributed by atoms with E-state index in [0.29, 0.717) is 17.9 Å². The van der Waals surface area contributed by atoms with Gasteiger partial charge in [-0.1, -0.05) is 0 Å². The van der Waals surface area contributed by atoms with Gasteiger partial charge in [0.2, 0.25) is 0 Å². The van der Waals surface area contributed by atoms with Gasteiger partial charge in [0.1, 0.15) is 11.6 Å². The number of nitriles is 1. The number of rotatable bonds is 4. The highest BCUT2D eigenvalue weighted by molar-refractivity contribution is 5.45. The number of aromatic nitrogens is 3. The molecular weight excluding hydrogens is 302 g/mol. The smallest absolute Gasteiger partial charge is 0.319 e. The van der Waals surface area contributed by atoms with Crippen molar-refractivity contribution in [3.8, 4) is 6.07 Å². The van der Waals surface area contributed by atoms with Crippen LogP contribution in [0.1, 0.15) is 17.9 Å². The van der Waals surface area contributed by atoms with Crippen LogP contribution in [-0.4, -0.2) is 45.6 Å². The van der Waals surface area contributed by atoms with Gasteiger partial charge in [0.15, 0.2) is 0 Å². The van der Waals surface area contributed by atoms with E-state index in [1.165, 1.54) is 12.4 Å². The molecule has 0 aromatic carbocycles. The Morgan fingerprint density at radius 1 is 1.17 bits per heavy atom. The standard InChI is InChI=1S/C15H16F2N6/c16-15(17)23-4-3-20-14(23)11-21-5-7-22(8-6-21)13-9-12(10-18)1-2-19-13/h1-4,9,15H,5-8,11H2. The second-order valence-corrected chi connectivity index (χ2v) is 5.31. The number of anilines is 1. The van der Waals surface area contributed by atoms with Crippen molar-refractivity contribution in [3.63, 3.8) is 0 Å². The van der Waals surface area contributed by atoms with Gasteiger partial charge >= 0.3 is 6.55 Å². The number of pyridine rings is 1. The summed E-state index contributed by atoms with van der Waals surface area (Å²) in [5.41, 5.74) is 0.580. The minimum Gasteiger partial charge on any atom is -0.354 e. The van der Waals surface area contributed by atoms with E-state index in [0.717, 1.165) is 36.6 Å². The van der Waals surface area contributed by atoms with Crippen molar-refractivity contribution in [1.29, 1.82) is 5.26 Å². The predicted molar refractivity (Wildman–Crippen MR) is 79.9 cm³/mol. The van der Waals surface area contributed by atoms with E-state index in [1.54, 1.807) is 18.3 Å². The van der Waals surface area contributed by atoms with Gasteiger partial charge in [-0.3, -0.25) is 9.47 Å². The molecule has 8 heteroatoms. The fourth-order valence-electron chi connectivity index (χ4n) is 2.64. The molecule has 1 fully saturated rings. The van der Waals surface area contributed by atoms with Crippen LogP contribution in [0, 0.1) is 11.3 Å². The molecule has 0 atom stereocenters. The van der Waals surface area contributed by atoms with E-state index >= 15 is 0 Å². The average Bonchev–Trinajstić information content (AvgIpc) is 3.04. The summed E-state index contributed by atoms with van der Waals surface area (Å²) in [6.07, 6.45) is 4.32. The predicted octanol–water partition coefficient (Wildman–Crippen LogP) is 1.87. The Bertz CT molecular complexity index is 700. The van der Waals surface area contributed by atoms with Crippen molar-refractivity contribution in [2.24, 2.45) is 0 Å². The minimum absolute atomic E-state index is 0.373. The fraction of sp³-hybridized carbons (Fsp3) is 0.400. The number of alkyl halides is 2. The zero-order chi connectivity index (χ0) is 16.2. The summed E-state index contributed by atoms with van der Waals surface area (Å²) in [6.45, 7) is 0.765. The van der Waals surface area contributed by atoms with Gasteiger partial charge < -0.3 is 4.90 Å². The zero-order valence-corrected chi connectivity index (χ0v) is 12.4. The maximum atomic E-state index is 12.8. The molecule has 6 nitrogen and oxygen atoms in total. The molecule has 23 heavy (non-hydrogen) atoms. The Morgan fingerprint density at radius 2 is 1.96 bits per heavy atom. The van der Waals surface area contributed by atoms with Crippen LogP contribution in [0.2, 0.25) is 0 Å². The quantitative estimate of drug-likeness (QED) is 0.861. The fourth-order valence-corrected chi connectivity index (χ4v) is 2.64. The molecule has 0 spiro atoms. The maximum Gasteiger partial charge on any atom is 0.319 e. The van der Waals surface area contributed by atoms with E-state index in [-0.39, 0.29) is 0 Å². The summed E-state index contributed by atoms with van der Waals surface area (Å²) < 4.78 is 26.6. The number of nitrogens with zero attached hydrogens (tertiary/aromatic N) is 6. The Kier molecular flexibility index (Phi) is 4.48. The van der Waals surface area contributed by atoms with Crippen molar-refractivity contribution in [3.05, 3.63) is 42.1 Å². The Labute approximate surface area is 132 Å². The minimum atomic E-state index is -2.56. The lowest BCUT2D eigenvalue weighted by atomic mass is 10.2. The van der Waals surface area contributed by atoms with Gasteiger partial charge in [-0.15, -0.1) is 0 Å². The first-order valence-corrected chi connectivity index (χ1v) is 7.30. The molecule has 0 amide bonds. The Morgan fingerprint density at radius 3 is 2.65 bits per heavy atom. The van der Waals surface area contributed by atoms with E-state index in [1.807, 2.05) is 0 Å². The second-order valence-electron chi connectivity index (χ2n) is 5.31.